The highest BCUT2D eigenvalue weighted by molar-refractivity contribution is 6.30. The lowest BCUT2D eigenvalue weighted by molar-refractivity contribution is 0.101. The molecule has 0 saturated heterocycles. The molecule has 0 unspecified atom stereocenters. The van der Waals surface area contributed by atoms with E-state index >= 15 is 0 Å². The Morgan fingerprint density at radius 2 is 1.77 bits per heavy atom. The number of benzene rings is 2. The van der Waals surface area contributed by atoms with Gasteiger partial charge in [-0.3, -0.25) is 9.48 Å². The molecule has 2 heterocycles. The number of hydrogen-bond acceptors (Lipinski definition) is 5. The van der Waals surface area contributed by atoms with Crippen LogP contribution in [0.25, 0.3) is 0 Å². The number of nitrogens with zero attached hydrogens (tertiary/aromatic N) is 4. The molecule has 2 aromatic carbocycles. The molecule has 0 fully saturated rings. The SMILES string of the molecule is COc1ccc(OCn2ccc(C(=O)Nc3ccn(Cc4cccc(Cl)c4)n3)n2)cc1. The van der Waals surface area contributed by atoms with Crippen LogP contribution in [0.4, 0.5) is 5.82 Å². The molecule has 0 aliphatic heterocycles. The fourth-order valence-corrected chi connectivity index (χ4v) is 3.10. The van der Waals surface area contributed by atoms with Gasteiger partial charge in [0.1, 0.15) is 11.5 Å². The number of carbonyl (C=O) groups is 1. The number of anilines is 1. The molecule has 0 saturated carbocycles. The molecule has 0 radical (unpaired) electrons. The van der Waals surface area contributed by atoms with E-state index in [1.165, 1.54) is 4.68 Å². The number of aromatic nitrogens is 4. The normalized spacial score (nSPS) is 10.6. The molecule has 2 aromatic heterocycles. The van der Waals surface area contributed by atoms with Crippen LogP contribution in [0.15, 0.2) is 73.1 Å². The highest BCUT2D eigenvalue weighted by atomic mass is 35.5. The molecule has 0 spiro atoms. The fourth-order valence-electron chi connectivity index (χ4n) is 2.89. The van der Waals surface area contributed by atoms with Crippen molar-refractivity contribution in [3.05, 3.63) is 89.3 Å². The number of nitrogens with one attached hydrogen (secondary N) is 1. The molecule has 0 bridgehead atoms. The summed E-state index contributed by atoms with van der Waals surface area (Å²) in [6.45, 7) is 0.724. The molecule has 0 aliphatic rings. The summed E-state index contributed by atoms with van der Waals surface area (Å²) in [5.41, 5.74) is 1.28. The monoisotopic (exact) mass is 437 g/mol. The number of methoxy groups -OCH3 is 1. The van der Waals surface area contributed by atoms with Crippen LogP contribution in [-0.2, 0) is 13.3 Å². The summed E-state index contributed by atoms with van der Waals surface area (Å²) in [6, 6.07) is 18.1. The lowest BCUT2D eigenvalue weighted by Gasteiger charge is -2.07. The average molecular weight is 438 g/mol. The Kier molecular flexibility index (Phi) is 6.18. The Hall–Kier alpha value is -3.78. The third kappa shape index (κ3) is 5.43. The first-order valence-electron chi connectivity index (χ1n) is 9.48. The Morgan fingerprint density at radius 3 is 2.55 bits per heavy atom. The van der Waals surface area contributed by atoms with Crippen molar-refractivity contribution < 1.29 is 14.3 Å². The number of ether oxygens (including phenoxy) is 2. The van der Waals surface area contributed by atoms with Crippen molar-refractivity contribution in [3.63, 3.8) is 0 Å². The van der Waals surface area contributed by atoms with Gasteiger partial charge >= 0.3 is 0 Å². The van der Waals surface area contributed by atoms with E-state index in [1.807, 2.05) is 36.4 Å². The van der Waals surface area contributed by atoms with Gasteiger partial charge in [0, 0.05) is 23.5 Å². The minimum Gasteiger partial charge on any atom is -0.497 e. The molecule has 158 valence electrons. The second kappa shape index (κ2) is 9.36. The zero-order chi connectivity index (χ0) is 21.6. The predicted octanol–water partition coefficient (Wildman–Crippen LogP) is 4.08. The zero-order valence-corrected chi connectivity index (χ0v) is 17.5. The van der Waals surface area contributed by atoms with Crippen molar-refractivity contribution in [2.45, 2.75) is 13.3 Å². The quantitative estimate of drug-likeness (QED) is 0.449. The van der Waals surface area contributed by atoms with Crippen molar-refractivity contribution in [3.8, 4) is 11.5 Å². The van der Waals surface area contributed by atoms with Crippen LogP contribution >= 0.6 is 11.6 Å². The summed E-state index contributed by atoms with van der Waals surface area (Å²) in [7, 11) is 1.61. The zero-order valence-electron chi connectivity index (χ0n) is 16.7. The molecule has 1 N–H and O–H groups in total. The Balaban J connectivity index is 1.32. The van der Waals surface area contributed by atoms with Crippen molar-refractivity contribution in [2.75, 3.05) is 12.4 Å². The standard InChI is InChI=1S/C22H20ClN5O3/c1-30-18-5-7-19(8-6-18)31-15-28-11-9-20(25-28)22(29)24-21-10-12-27(26-21)14-16-3-2-4-17(23)13-16/h2-13H,14-15H2,1H3,(H,24,26,29). The van der Waals surface area contributed by atoms with Gasteiger partial charge in [-0.25, -0.2) is 4.68 Å². The van der Waals surface area contributed by atoms with E-state index in [1.54, 1.807) is 48.5 Å². The Bertz CT molecular complexity index is 1170. The molecular formula is C22H20ClN5O3. The first kappa shape index (κ1) is 20.5. The van der Waals surface area contributed by atoms with E-state index in [-0.39, 0.29) is 18.3 Å². The summed E-state index contributed by atoms with van der Waals surface area (Å²) in [5, 5.41) is 12.0. The molecule has 0 aliphatic carbocycles. The van der Waals surface area contributed by atoms with E-state index < -0.39 is 0 Å². The van der Waals surface area contributed by atoms with Gasteiger partial charge in [-0.15, -0.1) is 0 Å². The Labute approximate surface area is 184 Å². The lowest BCUT2D eigenvalue weighted by Crippen LogP contribution is -2.15. The third-order valence-electron chi connectivity index (χ3n) is 4.41. The van der Waals surface area contributed by atoms with Crippen LogP contribution in [0, 0.1) is 0 Å². The maximum atomic E-state index is 12.5. The van der Waals surface area contributed by atoms with Gasteiger partial charge in [0.2, 0.25) is 0 Å². The number of hydrogen-bond donors (Lipinski definition) is 1. The molecule has 1 amide bonds. The first-order valence-corrected chi connectivity index (χ1v) is 9.86. The van der Waals surface area contributed by atoms with E-state index in [9.17, 15) is 4.79 Å². The summed E-state index contributed by atoms with van der Waals surface area (Å²) < 4.78 is 14.0. The van der Waals surface area contributed by atoms with Gasteiger partial charge in [0.25, 0.3) is 5.91 Å². The summed E-state index contributed by atoms with van der Waals surface area (Å²) >= 11 is 6.01. The highest BCUT2D eigenvalue weighted by Gasteiger charge is 2.12. The maximum Gasteiger partial charge on any atom is 0.277 e. The molecule has 8 nitrogen and oxygen atoms in total. The lowest BCUT2D eigenvalue weighted by atomic mass is 10.2. The van der Waals surface area contributed by atoms with Crippen molar-refractivity contribution in [2.24, 2.45) is 0 Å². The van der Waals surface area contributed by atoms with Gasteiger partial charge in [-0.05, 0) is 48.0 Å². The maximum absolute atomic E-state index is 12.5. The van der Waals surface area contributed by atoms with Gasteiger partial charge in [0.15, 0.2) is 18.2 Å². The van der Waals surface area contributed by atoms with Gasteiger partial charge < -0.3 is 14.8 Å². The minimum absolute atomic E-state index is 0.174. The molecule has 31 heavy (non-hydrogen) atoms. The van der Waals surface area contributed by atoms with Crippen LogP contribution < -0.4 is 14.8 Å². The number of carbonyl (C=O) groups excluding carboxylic acids is 1. The molecular weight excluding hydrogens is 418 g/mol. The minimum atomic E-state index is -0.351. The van der Waals surface area contributed by atoms with Gasteiger partial charge in [0.05, 0.1) is 13.7 Å². The fraction of sp³-hybridized carbons (Fsp3) is 0.136. The predicted molar refractivity (Wildman–Crippen MR) is 117 cm³/mol. The van der Waals surface area contributed by atoms with Crippen molar-refractivity contribution in [1.29, 1.82) is 0 Å². The third-order valence-corrected chi connectivity index (χ3v) is 4.65. The average Bonchev–Trinajstić information content (AvgIpc) is 3.42. The molecule has 4 rings (SSSR count). The Morgan fingerprint density at radius 1 is 1.00 bits per heavy atom. The summed E-state index contributed by atoms with van der Waals surface area (Å²) in [6.07, 6.45) is 3.47. The second-order valence-electron chi connectivity index (χ2n) is 6.67. The van der Waals surface area contributed by atoms with E-state index in [0.29, 0.717) is 23.1 Å². The number of amides is 1. The molecule has 4 aromatic rings. The van der Waals surface area contributed by atoms with Crippen LogP contribution in [0.3, 0.4) is 0 Å². The molecule has 9 heteroatoms. The van der Waals surface area contributed by atoms with Crippen molar-refractivity contribution in [1.82, 2.24) is 19.6 Å². The van der Waals surface area contributed by atoms with E-state index in [4.69, 9.17) is 21.1 Å². The second-order valence-corrected chi connectivity index (χ2v) is 7.11. The van der Waals surface area contributed by atoms with E-state index in [0.717, 1.165) is 11.3 Å². The highest BCUT2D eigenvalue weighted by Crippen LogP contribution is 2.17. The first-order chi connectivity index (χ1) is 15.1. The largest absolute Gasteiger partial charge is 0.497 e. The molecule has 0 atom stereocenters. The summed E-state index contributed by atoms with van der Waals surface area (Å²) in [5.74, 6) is 1.51. The van der Waals surface area contributed by atoms with Crippen LogP contribution in [-0.4, -0.2) is 32.6 Å². The van der Waals surface area contributed by atoms with Gasteiger partial charge in [-0.2, -0.15) is 10.2 Å². The van der Waals surface area contributed by atoms with E-state index in [2.05, 4.69) is 15.5 Å². The summed E-state index contributed by atoms with van der Waals surface area (Å²) in [4.78, 5) is 12.5. The van der Waals surface area contributed by atoms with Crippen LogP contribution in [0.1, 0.15) is 16.1 Å². The topological polar surface area (TPSA) is 83.2 Å². The van der Waals surface area contributed by atoms with Gasteiger partial charge in [-0.1, -0.05) is 23.7 Å². The smallest absolute Gasteiger partial charge is 0.277 e. The van der Waals surface area contributed by atoms with Crippen LogP contribution in [0.5, 0.6) is 11.5 Å². The van der Waals surface area contributed by atoms with Crippen LogP contribution in [0.2, 0.25) is 5.02 Å². The number of rotatable bonds is 8. The number of halogens is 1. The van der Waals surface area contributed by atoms with Crippen molar-refractivity contribution >= 4 is 23.3 Å².